The second-order valence-corrected chi connectivity index (χ2v) is 11.8. The van der Waals surface area contributed by atoms with Crippen molar-refractivity contribution in [1.29, 1.82) is 0 Å². The van der Waals surface area contributed by atoms with E-state index in [0.717, 1.165) is 31.6 Å². The molecule has 0 aliphatic heterocycles. The highest BCUT2D eigenvalue weighted by molar-refractivity contribution is 7.99. The summed E-state index contributed by atoms with van der Waals surface area (Å²) in [6, 6.07) is -0.861. The van der Waals surface area contributed by atoms with Gasteiger partial charge in [-0.3, -0.25) is 14.9 Å². The summed E-state index contributed by atoms with van der Waals surface area (Å²) in [5.74, 6) is 0.291. The molecule has 0 spiro atoms. The van der Waals surface area contributed by atoms with E-state index in [1.54, 1.807) is 20.8 Å². The normalized spacial score (nSPS) is 16.7. The zero-order valence-electron chi connectivity index (χ0n) is 22.1. The Morgan fingerprint density at radius 3 is 2.40 bits per heavy atom. The highest BCUT2D eigenvalue weighted by Crippen LogP contribution is 2.35. The number of carbonyl (C=O) groups is 3. The maximum atomic E-state index is 13.6. The van der Waals surface area contributed by atoms with Crippen molar-refractivity contribution in [2.24, 2.45) is 5.92 Å². The SMILES string of the molecule is CC(C)CC(C(=O)c1nnc(SCCN(C)C)o1)N(C=O)C1(NC(=O)OC(C)(C)C)CCCCC1. The first-order valence-electron chi connectivity index (χ1n) is 12.3. The monoisotopic (exact) mass is 511 g/mol. The number of ether oxygens (including phenoxy) is 1. The smallest absolute Gasteiger partial charge is 0.409 e. The highest BCUT2D eigenvalue weighted by Gasteiger charge is 2.46. The van der Waals surface area contributed by atoms with Crippen LogP contribution in [0.1, 0.15) is 83.8 Å². The Bertz CT molecular complexity index is 846. The molecule has 1 atom stereocenters. The second kappa shape index (κ2) is 12.7. The van der Waals surface area contributed by atoms with Gasteiger partial charge in [0.15, 0.2) is 0 Å². The van der Waals surface area contributed by atoms with Crippen molar-refractivity contribution in [2.45, 2.75) is 95.7 Å². The Kier molecular flexibility index (Phi) is 10.6. The van der Waals surface area contributed by atoms with E-state index in [1.807, 2.05) is 32.8 Å². The Balaban J connectivity index is 2.33. The Labute approximate surface area is 212 Å². The topological polar surface area (TPSA) is 118 Å². The van der Waals surface area contributed by atoms with Crippen LogP contribution in [0.3, 0.4) is 0 Å². The number of rotatable bonds is 12. The van der Waals surface area contributed by atoms with E-state index in [9.17, 15) is 14.4 Å². The first-order chi connectivity index (χ1) is 16.4. The van der Waals surface area contributed by atoms with Gasteiger partial charge in [-0.2, -0.15) is 0 Å². The van der Waals surface area contributed by atoms with E-state index >= 15 is 0 Å². The van der Waals surface area contributed by atoms with E-state index in [4.69, 9.17) is 9.15 Å². The van der Waals surface area contributed by atoms with Gasteiger partial charge in [0, 0.05) is 12.3 Å². The molecule has 1 aliphatic carbocycles. The molecule has 35 heavy (non-hydrogen) atoms. The number of Topliss-reactive ketones (excluding diaryl/α,β-unsaturated/α-hetero) is 1. The standard InChI is InChI=1S/C24H41N5O5S/c1-17(2)15-18(19(31)20-26-27-22(33-20)35-14-13-28(6)7)29(16-30)24(11-9-8-10-12-24)25-21(32)34-23(3,4)5/h16-18H,8-15H2,1-7H3,(H,25,32). The molecule has 0 saturated heterocycles. The molecule has 2 amide bonds. The van der Waals surface area contributed by atoms with Crippen molar-refractivity contribution in [2.75, 3.05) is 26.4 Å². The molecule has 1 aromatic rings. The quantitative estimate of drug-likeness (QED) is 0.192. The fourth-order valence-corrected chi connectivity index (χ4v) is 5.04. The molecule has 1 fully saturated rings. The van der Waals surface area contributed by atoms with Crippen LogP contribution in [-0.2, 0) is 9.53 Å². The number of aromatic nitrogens is 2. The van der Waals surface area contributed by atoms with Crippen LogP contribution in [0, 0.1) is 5.92 Å². The second-order valence-electron chi connectivity index (χ2n) is 10.8. The van der Waals surface area contributed by atoms with Crippen LogP contribution in [-0.4, -0.2) is 82.0 Å². The number of alkyl carbamates (subject to hydrolysis) is 1. The van der Waals surface area contributed by atoms with Crippen LogP contribution in [0.5, 0.6) is 0 Å². The van der Waals surface area contributed by atoms with Gasteiger partial charge in [-0.15, -0.1) is 10.2 Å². The lowest BCUT2D eigenvalue weighted by Crippen LogP contribution is -2.65. The number of amides is 2. The first-order valence-corrected chi connectivity index (χ1v) is 13.3. The van der Waals surface area contributed by atoms with Gasteiger partial charge >= 0.3 is 6.09 Å². The summed E-state index contributed by atoms with van der Waals surface area (Å²) in [7, 11) is 3.94. The van der Waals surface area contributed by atoms with E-state index in [0.29, 0.717) is 30.9 Å². The minimum atomic E-state index is -1.03. The third kappa shape index (κ3) is 8.79. The van der Waals surface area contributed by atoms with Gasteiger partial charge in [0.05, 0.1) is 0 Å². The minimum absolute atomic E-state index is 0.102. The molecule has 10 nitrogen and oxygen atoms in total. The van der Waals surface area contributed by atoms with Crippen molar-refractivity contribution >= 4 is 30.0 Å². The molecule has 0 aromatic carbocycles. The first kappa shape index (κ1) is 29.1. The molecule has 0 bridgehead atoms. The number of nitrogens with one attached hydrogen (secondary N) is 1. The van der Waals surface area contributed by atoms with Gasteiger partial charge in [0.2, 0.25) is 12.2 Å². The maximum absolute atomic E-state index is 13.6. The van der Waals surface area contributed by atoms with Gasteiger partial charge in [0.25, 0.3) is 11.1 Å². The van der Waals surface area contributed by atoms with Crippen LogP contribution >= 0.6 is 11.8 Å². The van der Waals surface area contributed by atoms with Crippen molar-refractivity contribution < 1.29 is 23.5 Å². The van der Waals surface area contributed by atoms with Gasteiger partial charge in [-0.05, 0) is 72.9 Å². The van der Waals surface area contributed by atoms with Crippen molar-refractivity contribution in [1.82, 2.24) is 25.3 Å². The summed E-state index contributed by atoms with van der Waals surface area (Å²) in [6.45, 7) is 10.1. The van der Waals surface area contributed by atoms with Gasteiger partial charge < -0.3 is 19.0 Å². The number of ketones is 1. The molecule has 1 aliphatic rings. The molecule has 1 aromatic heterocycles. The van der Waals surface area contributed by atoms with Gasteiger partial charge in [-0.25, -0.2) is 4.79 Å². The number of hydrogen-bond acceptors (Lipinski definition) is 9. The van der Waals surface area contributed by atoms with Crippen molar-refractivity contribution in [3.05, 3.63) is 5.89 Å². The van der Waals surface area contributed by atoms with Crippen LogP contribution in [0.25, 0.3) is 0 Å². The van der Waals surface area contributed by atoms with E-state index in [2.05, 4.69) is 15.5 Å². The molecule has 1 saturated carbocycles. The average Bonchev–Trinajstić information content (AvgIpc) is 3.20. The predicted octanol–water partition coefficient (Wildman–Crippen LogP) is 3.96. The Morgan fingerprint density at radius 1 is 1.20 bits per heavy atom. The molecular weight excluding hydrogens is 470 g/mol. The summed E-state index contributed by atoms with van der Waals surface area (Å²) in [5, 5.41) is 11.3. The lowest BCUT2D eigenvalue weighted by molar-refractivity contribution is -0.130. The zero-order chi connectivity index (χ0) is 26.2. The molecule has 1 N–H and O–H groups in total. The average molecular weight is 512 g/mol. The van der Waals surface area contributed by atoms with Crippen molar-refractivity contribution in [3.8, 4) is 0 Å². The number of carbonyl (C=O) groups excluding carboxylic acids is 3. The number of hydrogen-bond donors (Lipinski definition) is 1. The summed E-state index contributed by atoms with van der Waals surface area (Å²) >= 11 is 1.38. The van der Waals surface area contributed by atoms with Crippen molar-refractivity contribution in [3.63, 3.8) is 0 Å². The highest BCUT2D eigenvalue weighted by atomic mass is 32.2. The fourth-order valence-electron chi connectivity index (χ4n) is 4.17. The van der Waals surface area contributed by atoms with E-state index in [1.165, 1.54) is 16.7 Å². The number of nitrogens with zero attached hydrogens (tertiary/aromatic N) is 4. The molecule has 198 valence electrons. The summed E-state index contributed by atoms with van der Waals surface area (Å²) < 4.78 is 11.2. The summed E-state index contributed by atoms with van der Waals surface area (Å²) in [6.07, 6.45) is 4.12. The lowest BCUT2D eigenvalue weighted by atomic mass is 9.85. The summed E-state index contributed by atoms with van der Waals surface area (Å²) in [5.41, 5.74) is -1.72. The predicted molar refractivity (Wildman–Crippen MR) is 134 cm³/mol. The molecule has 1 unspecified atom stereocenters. The number of thioether (sulfide) groups is 1. The fraction of sp³-hybridized carbons (Fsp3) is 0.792. The molecular formula is C24H41N5O5S. The third-order valence-electron chi connectivity index (χ3n) is 5.74. The largest absolute Gasteiger partial charge is 0.444 e. The van der Waals surface area contributed by atoms with Crippen LogP contribution in [0.2, 0.25) is 0 Å². The van der Waals surface area contributed by atoms with Crippen LogP contribution in [0.15, 0.2) is 9.64 Å². The molecule has 11 heteroatoms. The third-order valence-corrected chi connectivity index (χ3v) is 6.54. The van der Waals surface area contributed by atoms with Gasteiger partial charge in [-0.1, -0.05) is 32.0 Å². The summed E-state index contributed by atoms with van der Waals surface area (Å²) in [4.78, 5) is 42.4. The maximum Gasteiger partial charge on any atom is 0.409 e. The van der Waals surface area contributed by atoms with Gasteiger partial charge in [0.1, 0.15) is 17.3 Å². The molecule has 0 radical (unpaired) electrons. The minimum Gasteiger partial charge on any atom is -0.444 e. The lowest BCUT2D eigenvalue weighted by Gasteiger charge is -2.47. The van der Waals surface area contributed by atoms with E-state index < -0.39 is 29.2 Å². The molecule has 2 rings (SSSR count). The Hall–Kier alpha value is -2.14. The van der Waals surface area contributed by atoms with Crippen LogP contribution in [0.4, 0.5) is 4.79 Å². The van der Waals surface area contributed by atoms with E-state index in [-0.39, 0.29) is 11.8 Å². The molecule has 1 heterocycles. The Morgan fingerprint density at radius 2 is 1.86 bits per heavy atom. The zero-order valence-corrected chi connectivity index (χ0v) is 22.9. The van der Waals surface area contributed by atoms with Crippen LogP contribution < -0.4 is 5.32 Å².